The molecule has 4 rings (SSSR count). The second kappa shape index (κ2) is 10.5. The Kier molecular flexibility index (Phi) is 7.38. The summed E-state index contributed by atoms with van der Waals surface area (Å²) in [7, 11) is 1.59. The smallest absolute Gasteiger partial charge is 0.324 e. The van der Waals surface area contributed by atoms with Crippen LogP contribution in [0.25, 0.3) is 17.2 Å². The lowest BCUT2D eigenvalue weighted by molar-refractivity contribution is -0.0166. The van der Waals surface area contributed by atoms with Gasteiger partial charge in [-0.05, 0) is 59.9 Å². The molecule has 35 heavy (non-hydrogen) atoms. The molecule has 6 nitrogen and oxygen atoms in total. The van der Waals surface area contributed by atoms with Crippen LogP contribution >= 0.6 is 15.9 Å². The number of ether oxygens (including phenoxy) is 1. The summed E-state index contributed by atoms with van der Waals surface area (Å²) in [4.78, 5) is 27.7. The van der Waals surface area contributed by atoms with Gasteiger partial charge in [-0.1, -0.05) is 65.0 Å². The van der Waals surface area contributed by atoms with Crippen LogP contribution in [0.4, 0.5) is 4.79 Å². The van der Waals surface area contributed by atoms with Crippen LogP contribution in [0.1, 0.15) is 34.3 Å². The van der Waals surface area contributed by atoms with E-state index in [-0.39, 0.29) is 0 Å². The molecule has 0 aliphatic carbocycles. The lowest BCUT2D eigenvalue weighted by atomic mass is 9.84. The van der Waals surface area contributed by atoms with E-state index in [9.17, 15) is 14.7 Å². The quantitative estimate of drug-likeness (QED) is 0.446. The molecule has 0 bridgehead atoms. The molecule has 7 heteroatoms. The van der Waals surface area contributed by atoms with E-state index in [1.54, 1.807) is 30.2 Å². The van der Waals surface area contributed by atoms with Crippen LogP contribution < -0.4 is 10.1 Å². The van der Waals surface area contributed by atoms with Crippen molar-refractivity contribution in [1.82, 2.24) is 10.2 Å². The van der Waals surface area contributed by atoms with Gasteiger partial charge in [-0.25, -0.2) is 4.79 Å². The Labute approximate surface area is 213 Å². The Balaban J connectivity index is 1.49. The van der Waals surface area contributed by atoms with Crippen molar-refractivity contribution in [3.8, 4) is 16.9 Å². The van der Waals surface area contributed by atoms with E-state index in [1.165, 1.54) is 0 Å². The fraction of sp³-hybridized carbons (Fsp3) is 0.214. The molecule has 1 heterocycles. The van der Waals surface area contributed by atoms with Crippen molar-refractivity contribution < 1.29 is 19.4 Å². The number of nitrogens with zero attached hydrogens (tertiary/aromatic N) is 1. The van der Waals surface area contributed by atoms with E-state index in [0.29, 0.717) is 42.8 Å². The van der Waals surface area contributed by atoms with Gasteiger partial charge in [-0.15, -0.1) is 0 Å². The fourth-order valence-corrected chi connectivity index (χ4v) is 4.65. The third-order valence-corrected chi connectivity index (χ3v) is 6.95. The number of hydrogen-bond donors (Lipinski definition) is 2. The lowest BCUT2D eigenvalue weighted by Crippen LogP contribution is -2.50. The summed E-state index contributed by atoms with van der Waals surface area (Å²) in [6.07, 6.45) is 2.46. The minimum Gasteiger partial charge on any atom is -0.497 e. The summed E-state index contributed by atoms with van der Waals surface area (Å²) >= 11 is 3.41. The topological polar surface area (TPSA) is 78.9 Å². The number of nitrogens with one attached hydrogen (secondary N) is 1. The Morgan fingerprint density at radius 3 is 2.31 bits per heavy atom. The van der Waals surface area contributed by atoms with Crippen LogP contribution in [0.15, 0.2) is 77.8 Å². The average Bonchev–Trinajstić information content (AvgIpc) is 2.88. The van der Waals surface area contributed by atoms with Gasteiger partial charge in [-0.2, -0.15) is 0 Å². The molecule has 0 aromatic heterocycles. The molecule has 0 atom stereocenters. The Bertz CT molecular complexity index is 1230. The van der Waals surface area contributed by atoms with E-state index in [0.717, 1.165) is 21.2 Å². The highest BCUT2D eigenvalue weighted by Crippen LogP contribution is 2.34. The fourth-order valence-electron chi connectivity index (χ4n) is 4.38. The maximum atomic E-state index is 13.2. The number of urea groups is 1. The molecular weight excluding hydrogens is 508 g/mol. The number of carbonyl (C=O) groups is 2. The number of aliphatic hydroxyl groups is 1. The Hall–Kier alpha value is -3.42. The highest BCUT2D eigenvalue weighted by atomic mass is 79.9. The molecule has 3 aromatic rings. The molecule has 1 aliphatic rings. The normalized spacial score (nSPS) is 14.8. The van der Waals surface area contributed by atoms with Crippen LogP contribution in [0, 0.1) is 0 Å². The van der Waals surface area contributed by atoms with Gasteiger partial charge in [0.25, 0.3) is 5.91 Å². The molecule has 1 saturated heterocycles. The first-order valence-corrected chi connectivity index (χ1v) is 12.1. The largest absolute Gasteiger partial charge is 0.497 e. The molecule has 0 radical (unpaired) electrons. The third kappa shape index (κ3) is 5.31. The predicted molar refractivity (Wildman–Crippen MR) is 140 cm³/mol. The number of imide groups is 1. The monoisotopic (exact) mass is 534 g/mol. The second-order valence-corrected chi connectivity index (χ2v) is 9.40. The zero-order valence-corrected chi connectivity index (χ0v) is 21.0. The molecule has 0 spiro atoms. The van der Waals surface area contributed by atoms with Gasteiger partial charge in [0, 0.05) is 28.7 Å². The molecule has 0 saturated carbocycles. The van der Waals surface area contributed by atoms with E-state index >= 15 is 0 Å². The van der Waals surface area contributed by atoms with Crippen LogP contribution in [0.3, 0.4) is 0 Å². The molecular formula is C28H27BrN2O4. The van der Waals surface area contributed by atoms with E-state index < -0.39 is 17.5 Å². The average molecular weight is 535 g/mol. The highest BCUT2D eigenvalue weighted by molar-refractivity contribution is 9.10. The number of hydrogen-bond acceptors (Lipinski definition) is 4. The minimum atomic E-state index is -0.999. The summed E-state index contributed by atoms with van der Waals surface area (Å²) < 4.78 is 6.18. The van der Waals surface area contributed by atoms with Crippen molar-refractivity contribution >= 4 is 33.9 Å². The molecule has 1 fully saturated rings. The highest BCUT2D eigenvalue weighted by Gasteiger charge is 2.36. The molecule has 3 aromatic carbocycles. The van der Waals surface area contributed by atoms with Gasteiger partial charge >= 0.3 is 6.03 Å². The van der Waals surface area contributed by atoms with Gasteiger partial charge in [0.15, 0.2) is 0 Å². The van der Waals surface area contributed by atoms with Crippen molar-refractivity contribution in [2.24, 2.45) is 0 Å². The van der Waals surface area contributed by atoms with Gasteiger partial charge < -0.3 is 14.7 Å². The van der Waals surface area contributed by atoms with Crippen molar-refractivity contribution in [2.75, 3.05) is 20.2 Å². The number of rotatable bonds is 5. The van der Waals surface area contributed by atoms with Gasteiger partial charge in [0.1, 0.15) is 5.75 Å². The van der Waals surface area contributed by atoms with Crippen LogP contribution in [0.5, 0.6) is 5.75 Å². The van der Waals surface area contributed by atoms with Gasteiger partial charge in [-0.3, -0.25) is 10.1 Å². The van der Waals surface area contributed by atoms with Crippen molar-refractivity contribution in [2.45, 2.75) is 18.4 Å². The van der Waals surface area contributed by atoms with Crippen molar-refractivity contribution in [3.63, 3.8) is 0 Å². The minimum absolute atomic E-state index is 0.337. The molecule has 180 valence electrons. The number of amides is 3. The number of piperidine rings is 1. The second-order valence-electron chi connectivity index (χ2n) is 8.49. The summed E-state index contributed by atoms with van der Waals surface area (Å²) in [6, 6.07) is 19.8. The number of likely N-dealkylation sites (tertiary alicyclic amines) is 1. The van der Waals surface area contributed by atoms with Crippen molar-refractivity contribution in [3.05, 3.63) is 94.5 Å². The Morgan fingerprint density at radius 2 is 1.71 bits per heavy atom. The number of methoxy groups -OCH3 is 1. The first kappa shape index (κ1) is 24.7. The maximum absolute atomic E-state index is 13.2. The number of carbonyl (C=O) groups excluding carboxylic acids is 2. The summed E-state index contributed by atoms with van der Waals surface area (Å²) in [5.41, 5.74) is 2.50. The van der Waals surface area contributed by atoms with Crippen LogP contribution in [-0.2, 0) is 5.60 Å². The molecule has 1 aliphatic heterocycles. The maximum Gasteiger partial charge on any atom is 0.324 e. The zero-order chi connectivity index (χ0) is 25.0. The molecule has 2 N–H and O–H groups in total. The first-order valence-electron chi connectivity index (χ1n) is 11.3. The van der Waals surface area contributed by atoms with Crippen LogP contribution in [0.2, 0.25) is 0 Å². The molecule has 0 unspecified atom stereocenters. The summed E-state index contributed by atoms with van der Waals surface area (Å²) in [6.45, 7) is 4.55. The molecule has 3 amide bonds. The van der Waals surface area contributed by atoms with Gasteiger partial charge in [0.2, 0.25) is 0 Å². The number of halogens is 1. The van der Waals surface area contributed by atoms with E-state index in [4.69, 9.17) is 4.74 Å². The lowest BCUT2D eigenvalue weighted by Gasteiger charge is -2.38. The summed E-state index contributed by atoms with van der Waals surface area (Å²) in [5, 5.41) is 13.6. The van der Waals surface area contributed by atoms with E-state index in [2.05, 4.69) is 27.8 Å². The third-order valence-electron chi connectivity index (χ3n) is 6.42. The first-order chi connectivity index (χ1) is 16.8. The number of benzene rings is 3. The zero-order valence-electron chi connectivity index (χ0n) is 19.5. The predicted octanol–water partition coefficient (Wildman–Crippen LogP) is 5.60. The van der Waals surface area contributed by atoms with Gasteiger partial charge in [0.05, 0.1) is 12.7 Å². The van der Waals surface area contributed by atoms with Crippen LogP contribution in [-0.4, -0.2) is 42.1 Å². The van der Waals surface area contributed by atoms with Crippen molar-refractivity contribution in [1.29, 1.82) is 0 Å². The van der Waals surface area contributed by atoms with E-state index in [1.807, 2.05) is 54.6 Å². The summed E-state index contributed by atoms with van der Waals surface area (Å²) in [5.74, 6) is 0.220. The Morgan fingerprint density at radius 1 is 1.06 bits per heavy atom. The standard InChI is InChI=1S/C28H27BrN2O4/c1-3-19-5-4-6-24(25(19)20-7-13-23(35-2)14-8-20)26(32)30-27(33)31-17-15-28(34,16-18-31)21-9-11-22(29)12-10-21/h3-14,34H,1,15-18H2,2H3,(H,30,32,33). The SMILES string of the molecule is C=Cc1cccc(C(=O)NC(=O)N2CCC(O)(c3ccc(Br)cc3)CC2)c1-c1ccc(OC)cc1.